The van der Waals surface area contributed by atoms with E-state index in [0.717, 1.165) is 45.7 Å². The number of nitrogens with two attached hydrogens (primary N) is 2. The zero-order valence-electron chi connectivity index (χ0n) is 23.6. The number of carbonyl (C=O) groups excluding carboxylic acids is 1. The number of fused-ring (bicyclic) bond motifs is 2. The third-order valence-electron chi connectivity index (χ3n) is 8.34. The number of para-hydroxylation sites is 1. The van der Waals surface area contributed by atoms with E-state index in [2.05, 4.69) is 28.7 Å². The minimum absolute atomic E-state index is 0.0651. The number of ether oxygens (including phenoxy) is 1. The molecule has 218 valence electrons. The fraction of sp³-hybridized carbons (Fsp3) is 0.387. The van der Waals surface area contributed by atoms with E-state index in [1.165, 1.54) is 17.7 Å². The molecule has 1 saturated heterocycles. The summed E-state index contributed by atoms with van der Waals surface area (Å²) >= 11 is 0. The number of amides is 1. The molecule has 1 aliphatic carbocycles. The van der Waals surface area contributed by atoms with Crippen molar-refractivity contribution in [3.8, 4) is 17.1 Å². The smallest absolute Gasteiger partial charge is 0.255 e. The van der Waals surface area contributed by atoms with Gasteiger partial charge in [0.15, 0.2) is 0 Å². The maximum absolute atomic E-state index is 14.1. The van der Waals surface area contributed by atoms with Crippen molar-refractivity contribution in [2.24, 2.45) is 11.7 Å². The van der Waals surface area contributed by atoms with Crippen LogP contribution in [0.5, 0.6) is 5.75 Å². The summed E-state index contributed by atoms with van der Waals surface area (Å²) in [6.45, 7) is 4.40. The quantitative estimate of drug-likeness (QED) is 0.290. The van der Waals surface area contributed by atoms with Crippen molar-refractivity contribution in [2.45, 2.75) is 51.5 Å². The van der Waals surface area contributed by atoms with E-state index in [4.69, 9.17) is 21.3 Å². The van der Waals surface area contributed by atoms with Crippen molar-refractivity contribution < 1.29 is 13.9 Å². The Morgan fingerprint density at radius 2 is 2.02 bits per heavy atom. The molecule has 11 heteroatoms. The standard InChI is InChI=1S/C31H35FN8O2/c1-19-26-8-7-22(31(41)37-16-23(32)12-24(33)17-37)15-40(26)36-29(19)27-11-21-3-2-4-28(30(21)39(27)14-20-5-6-20)42-10-9-38-18-25(34)13-35-38/h2-4,7-8,11,13,15,18,20,23-24H,5-6,9-10,12,14,16-17,33-34H2,1H3/t23-,24-/m1/s1. The van der Waals surface area contributed by atoms with Crippen molar-refractivity contribution in [3.05, 3.63) is 66.1 Å². The molecule has 5 heterocycles. The van der Waals surface area contributed by atoms with Crippen molar-refractivity contribution in [3.63, 3.8) is 0 Å². The largest absolute Gasteiger partial charge is 0.489 e. The van der Waals surface area contributed by atoms with Gasteiger partial charge in [-0.15, -0.1) is 0 Å². The molecule has 1 amide bonds. The molecule has 2 aliphatic rings. The highest BCUT2D eigenvalue weighted by molar-refractivity contribution is 5.95. The van der Waals surface area contributed by atoms with Crippen molar-refractivity contribution in [1.29, 1.82) is 0 Å². The first-order valence-corrected chi connectivity index (χ1v) is 14.6. The molecule has 10 nitrogen and oxygen atoms in total. The topological polar surface area (TPSA) is 122 Å². The molecule has 5 aromatic rings. The lowest BCUT2D eigenvalue weighted by atomic mass is 10.0. The van der Waals surface area contributed by atoms with Crippen molar-refractivity contribution in [1.82, 2.24) is 28.9 Å². The summed E-state index contributed by atoms with van der Waals surface area (Å²) in [6, 6.07) is 11.7. The van der Waals surface area contributed by atoms with Gasteiger partial charge in [-0.05, 0) is 56.4 Å². The number of halogens is 1. The highest BCUT2D eigenvalue weighted by Crippen LogP contribution is 2.39. The number of aromatic nitrogens is 5. The van der Waals surface area contributed by atoms with Crippen LogP contribution >= 0.6 is 0 Å². The number of hydrogen-bond acceptors (Lipinski definition) is 6. The summed E-state index contributed by atoms with van der Waals surface area (Å²) < 4.78 is 26.3. The lowest BCUT2D eigenvalue weighted by Gasteiger charge is -2.32. The zero-order valence-corrected chi connectivity index (χ0v) is 23.6. The van der Waals surface area contributed by atoms with Crippen LogP contribution in [0.3, 0.4) is 0 Å². The minimum Gasteiger partial charge on any atom is -0.489 e. The number of hydrogen-bond donors (Lipinski definition) is 2. The number of nitrogens with zero attached hydrogens (tertiary/aromatic N) is 6. The Morgan fingerprint density at radius 1 is 1.17 bits per heavy atom. The molecule has 4 N–H and O–H groups in total. The third kappa shape index (κ3) is 4.98. The number of carbonyl (C=O) groups is 1. The number of nitrogen functional groups attached to an aromatic ring is 1. The minimum atomic E-state index is -1.11. The second-order valence-corrected chi connectivity index (χ2v) is 11.7. The maximum atomic E-state index is 14.1. The van der Waals surface area contributed by atoms with Crippen LogP contribution in [-0.4, -0.2) is 66.7 Å². The summed E-state index contributed by atoms with van der Waals surface area (Å²) in [5, 5.41) is 10.3. The van der Waals surface area contributed by atoms with Gasteiger partial charge in [0.25, 0.3) is 5.91 Å². The van der Waals surface area contributed by atoms with Gasteiger partial charge in [0.1, 0.15) is 24.2 Å². The molecule has 42 heavy (non-hydrogen) atoms. The van der Waals surface area contributed by atoms with Crippen LogP contribution in [0.4, 0.5) is 10.1 Å². The van der Waals surface area contributed by atoms with E-state index in [1.807, 2.05) is 18.2 Å². The van der Waals surface area contributed by atoms with Crippen LogP contribution in [0.15, 0.2) is 55.0 Å². The number of benzene rings is 1. The van der Waals surface area contributed by atoms with Crippen molar-refractivity contribution >= 4 is 28.0 Å². The molecule has 4 aromatic heterocycles. The molecule has 1 aromatic carbocycles. The number of pyridine rings is 1. The van der Waals surface area contributed by atoms with E-state index in [1.54, 1.807) is 33.9 Å². The van der Waals surface area contributed by atoms with Gasteiger partial charge in [-0.25, -0.2) is 8.91 Å². The van der Waals surface area contributed by atoms with Gasteiger partial charge in [-0.3, -0.25) is 9.48 Å². The van der Waals surface area contributed by atoms with Gasteiger partial charge in [0, 0.05) is 42.5 Å². The van der Waals surface area contributed by atoms with Gasteiger partial charge in [0.2, 0.25) is 0 Å². The Balaban J connectivity index is 1.23. The number of likely N-dealkylation sites (tertiary alicyclic amines) is 1. The first kappa shape index (κ1) is 26.5. The number of anilines is 1. The Morgan fingerprint density at radius 3 is 2.79 bits per heavy atom. The number of alkyl halides is 1. The van der Waals surface area contributed by atoms with Gasteiger partial charge >= 0.3 is 0 Å². The molecule has 1 aliphatic heterocycles. The lowest BCUT2D eigenvalue weighted by Crippen LogP contribution is -2.50. The summed E-state index contributed by atoms with van der Waals surface area (Å²) in [6.07, 6.45) is 6.76. The number of aryl methyl sites for hydroxylation is 1. The van der Waals surface area contributed by atoms with Crippen LogP contribution < -0.4 is 16.2 Å². The predicted octanol–water partition coefficient (Wildman–Crippen LogP) is 4.04. The summed E-state index contributed by atoms with van der Waals surface area (Å²) in [7, 11) is 0. The fourth-order valence-corrected chi connectivity index (χ4v) is 6.07. The number of rotatable bonds is 8. The van der Waals surface area contributed by atoms with Crippen molar-refractivity contribution in [2.75, 3.05) is 25.4 Å². The van der Waals surface area contributed by atoms with Crippen LogP contribution in [-0.2, 0) is 13.1 Å². The summed E-state index contributed by atoms with van der Waals surface area (Å²) in [4.78, 5) is 14.8. The molecule has 2 atom stereocenters. The van der Waals surface area contributed by atoms with Gasteiger partial charge in [0.05, 0.1) is 47.3 Å². The second-order valence-electron chi connectivity index (χ2n) is 11.7. The highest BCUT2D eigenvalue weighted by atomic mass is 19.1. The monoisotopic (exact) mass is 570 g/mol. The molecule has 0 unspecified atom stereocenters. The average Bonchev–Trinajstić information content (AvgIpc) is 3.44. The molecule has 0 bridgehead atoms. The van der Waals surface area contributed by atoms with Crippen LogP contribution in [0.1, 0.15) is 35.2 Å². The third-order valence-corrected chi connectivity index (χ3v) is 8.34. The molecule has 0 spiro atoms. The molecular weight excluding hydrogens is 535 g/mol. The SMILES string of the molecule is Cc1c(-c2cc3cccc(OCCn4cc(N)cn4)c3n2CC2CC2)nn2cc(C(=O)N3C[C@H](N)C[C@@H](F)C3)ccc12. The molecular formula is C31H35FN8O2. The van der Waals surface area contributed by atoms with Crippen LogP contribution in [0.2, 0.25) is 0 Å². The lowest BCUT2D eigenvalue weighted by molar-refractivity contribution is 0.0606. The van der Waals surface area contributed by atoms with E-state index in [0.29, 0.717) is 36.9 Å². The maximum Gasteiger partial charge on any atom is 0.255 e. The highest BCUT2D eigenvalue weighted by Gasteiger charge is 2.30. The summed E-state index contributed by atoms with van der Waals surface area (Å²) in [5.41, 5.74) is 17.7. The van der Waals surface area contributed by atoms with Crippen LogP contribution in [0, 0.1) is 12.8 Å². The summed E-state index contributed by atoms with van der Waals surface area (Å²) in [5.74, 6) is 1.21. The van der Waals surface area contributed by atoms with E-state index in [9.17, 15) is 9.18 Å². The zero-order chi connectivity index (χ0) is 29.0. The Bertz CT molecular complexity index is 1770. The first-order chi connectivity index (χ1) is 20.3. The molecule has 7 rings (SSSR count). The van der Waals surface area contributed by atoms with E-state index in [-0.39, 0.29) is 24.9 Å². The van der Waals surface area contributed by atoms with Crippen LogP contribution in [0.25, 0.3) is 27.8 Å². The predicted molar refractivity (Wildman–Crippen MR) is 159 cm³/mol. The average molecular weight is 571 g/mol. The molecule has 2 fully saturated rings. The fourth-order valence-electron chi connectivity index (χ4n) is 6.07. The Kier molecular flexibility index (Phi) is 6.61. The normalized spacial score (nSPS) is 19.2. The molecule has 0 radical (unpaired) electrons. The van der Waals surface area contributed by atoms with Gasteiger partial charge in [-0.2, -0.15) is 10.2 Å². The van der Waals surface area contributed by atoms with Gasteiger partial charge < -0.3 is 25.7 Å². The number of piperidine rings is 1. The Labute approximate surface area is 242 Å². The van der Waals surface area contributed by atoms with E-state index < -0.39 is 6.17 Å². The van der Waals surface area contributed by atoms with E-state index >= 15 is 0 Å². The Hall–Kier alpha value is -4.38. The second kappa shape index (κ2) is 10.5. The molecule has 1 saturated carbocycles. The first-order valence-electron chi connectivity index (χ1n) is 14.6. The van der Waals surface area contributed by atoms with Gasteiger partial charge in [-0.1, -0.05) is 12.1 Å².